The van der Waals surface area contributed by atoms with E-state index in [2.05, 4.69) is 71.8 Å². The van der Waals surface area contributed by atoms with Crippen molar-refractivity contribution in [3.05, 3.63) is 29.8 Å². The summed E-state index contributed by atoms with van der Waals surface area (Å²) in [6.45, 7) is 1.82. The van der Waals surface area contributed by atoms with Gasteiger partial charge >= 0.3 is 0 Å². The molecule has 24 heavy (non-hydrogen) atoms. The highest BCUT2D eigenvalue weighted by molar-refractivity contribution is 14.0. The summed E-state index contributed by atoms with van der Waals surface area (Å²) < 4.78 is 0. The molecule has 0 aromatic heterocycles. The molecule has 4 nitrogen and oxygen atoms in total. The number of guanidine groups is 1. The molecule has 136 valence electrons. The van der Waals surface area contributed by atoms with E-state index in [-0.39, 0.29) is 24.0 Å². The molecule has 1 aliphatic carbocycles. The van der Waals surface area contributed by atoms with Crippen molar-refractivity contribution in [2.24, 2.45) is 10.9 Å². The zero-order valence-electron chi connectivity index (χ0n) is 15.5. The number of likely N-dealkylation sites (N-methyl/N-ethyl adjacent to an activating group) is 1. The number of benzene rings is 1. The van der Waals surface area contributed by atoms with Crippen LogP contribution in [0.2, 0.25) is 0 Å². The van der Waals surface area contributed by atoms with Crippen molar-refractivity contribution < 1.29 is 0 Å². The van der Waals surface area contributed by atoms with Gasteiger partial charge in [-0.2, -0.15) is 0 Å². The van der Waals surface area contributed by atoms with E-state index in [0.717, 1.165) is 25.0 Å². The molecule has 1 aromatic rings. The van der Waals surface area contributed by atoms with E-state index >= 15 is 0 Å². The van der Waals surface area contributed by atoms with Gasteiger partial charge in [0.2, 0.25) is 0 Å². The lowest BCUT2D eigenvalue weighted by atomic mass is 10.1. The number of hydrogen-bond donors (Lipinski definition) is 1. The van der Waals surface area contributed by atoms with Gasteiger partial charge in [0.15, 0.2) is 5.96 Å². The average Bonchev–Trinajstić information content (AvgIpc) is 3.36. The van der Waals surface area contributed by atoms with Crippen molar-refractivity contribution in [1.29, 1.82) is 0 Å². The average molecular weight is 462 g/mol. The Labute approximate surface area is 168 Å². The van der Waals surface area contributed by atoms with Crippen molar-refractivity contribution in [2.75, 3.05) is 41.0 Å². The number of aliphatic imine (C=N–C) groups is 1. The van der Waals surface area contributed by atoms with Crippen LogP contribution in [-0.4, -0.2) is 62.8 Å². The van der Waals surface area contributed by atoms with Crippen LogP contribution in [0.15, 0.2) is 34.2 Å². The SMILES string of the molecule is CN=C(NCC(C1CC1)N(C)C)N(C)Cc1ccc(SC)cc1.I. The third kappa shape index (κ3) is 6.44. The first-order chi connectivity index (χ1) is 11.0. The van der Waals surface area contributed by atoms with E-state index in [9.17, 15) is 0 Å². The molecular formula is C18H31IN4S. The molecule has 2 rings (SSSR count). The maximum Gasteiger partial charge on any atom is 0.193 e. The molecule has 1 N–H and O–H groups in total. The highest BCUT2D eigenvalue weighted by Crippen LogP contribution is 2.34. The number of thioether (sulfide) groups is 1. The van der Waals surface area contributed by atoms with Crippen LogP contribution in [-0.2, 0) is 6.54 Å². The molecule has 0 radical (unpaired) electrons. The molecule has 1 fully saturated rings. The summed E-state index contributed by atoms with van der Waals surface area (Å²) in [4.78, 5) is 10.3. The minimum atomic E-state index is 0. The summed E-state index contributed by atoms with van der Waals surface area (Å²) in [6.07, 6.45) is 4.83. The standard InChI is InChI=1S/C18H30N4S.HI/c1-19-18(20-12-17(21(2)3)15-8-9-15)22(4)13-14-6-10-16(23-5)11-7-14;/h6-7,10-11,15,17H,8-9,12-13H2,1-5H3,(H,19,20);1H. The fraction of sp³-hybridized carbons (Fsp3) is 0.611. The van der Waals surface area contributed by atoms with Crippen molar-refractivity contribution >= 4 is 41.7 Å². The van der Waals surface area contributed by atoms with E-state index in [1.165, 1.54) is 23.3 Å². The molecule has 0 saturated heterocycles. The summed E-state index contributed by atoms with van der Waals surface area (Å²) in [5.74, 6) is 1.81. The summed E-state index contributed by atoms with van der Waals surface area (Å²) in [5, 5.41) is 3.54. The Balaban J connectivity index is 0.00000288. The van der Waals surface area contributed by atoms with Crippen molar-refractivity contribution in [1.82, 2.24) is 15.1 Å². The molecule has 0 aliphatic heterocycles. The summed E-state index contributed by atoms with van der Waals surface area (Å²) in [6, 6.07) is 9.35. The topological polar surface area (TPSA) is 30.9 Å². The number of nitrogens with zero attached hydrogens (tertiary/aromatic N) is 3. The third-order valence-corrected chi connectivity index (χ3v) is 5.19. The van der Waals surface area contributed by atoms with E-state index in [0.29, 0.717) is 6.04 Å². The Morgan fingerprint density at radius 2 is 1.88 bits per heavy atom. The normalized spacial score (nSPS) is 15.8. The number of rotatable bonds is 7. The Kier molecular flexibility index (Phi) is 9.44. The number of nitrogens with one attached hydrogen (secondary N) is 1. The van der Waals surface area contributed by atoms with Crippen molar-refractivity contribution in [2.45, 2.75) is 30.3 Å². The molecule has 0 spiro atoms. The third-order valence-electron chi connectivity index (χ3n) is 4.45. The fourth-order valence-corrected chi connectivity index (χ4v) is 3.32. The molecule has 1 unspecified atom stereocenters. The van der Waals surface area contributed by atoms with E-state index in [1.807, 2.05) is 7.05 Å². The predicted octanol–water partition coefficient (Wildman–Crippen LogP) is 3.37. The predicted molar refractivity (Wildman–Crippen MR) is 117 cm³/mol. The molecule has 1 saturated carbocycles. The largest absolute Gasteiger partial charge is 0.355 e. The van der Waals surface area contributed by atoms with Gasteiger partial charge in [-0.05, 0) is 56.8 Å². The maximum atomic E-state index is 4.44. The van der Waals surface area contributed by atoms with Gasteiger partial charge in [-0.3, -0.25) is 4.99 Å². The first-order valence-corrected chi connectivity index (χ1v) is 9.48. The number of hydrogen-bond acceptors (Lipinski definition) is 3. The van der Waals surface area contributed by atoms with Crippen LogP contribution in [0.1, 0.15) is 18.4 Å². The van der Waals surface area contributed by atoms with Gasteiger partial charge < -0.3 is 15.1 Å². The Morgan fingerprint density at radius 1 is 1.25 bits per heavy atom. The minimum absolute atomic E-state index is 0. The van der Waals surface area contributed by atoms with E-state index in [4.69, 9.17) is 0 Å². The highest BCUT2D eigenvalue weighted by Gasteiger charge is 2.32. The van der Waals surface area contributed by atoms with Gasteiger partial charge in [0.05, 0.1) is 0 Å². The monoisotopic (exact) mass is 462 g/mol. The Morgan fingerprint density at radius 3 is 2.33 bits per heavy atom. The minimum Gasteiger partial charge on any atom is -0.355 e. The lowest BCUT2D eigenvalue weighted by molar-refractivity contribution is 0.262. The zero-order valence-corrected chi connectivity index (χ0v) is 18.6. The molecule has 0 heterocycles. The molecule has 1 atom stereocenters. The van der Waals surface area contributed by atoms with Crippen LogP contribution in [0, 0.1) is 5.92 Å². The van der Waals surface area contributed by atoms with Gasteiger partial charge in [0, 0.05) is 38.1 Å². The Hall–Kier alpha value is -0.470. The second-order valence-corrected chi connectivity index (χ2v) is 7.38. The van der Waals surface area contributed by atoms with Gasteiger partial charge in [-0.15, -0.1) is 35.7 Å². The van der Waals surface area contributed by atoms with Gasteiger partial charge in [0.25, 0.3) is 0 Å². The molecule has 6 heteroatoms. The summed E-state index contributed by atoms with van der Waals surface area (Å²) in [5.41, 5.74) is 1.31. The van der Waals surface area contributed by atoms with Crippen LogP contribution in [0.25, 0.3) is 0 Å². The molecule has 0 bridgehead atoms. The summed E-state index contributed by atoms with van der Waals surface area (Å²) >= 11 is 1.78. The van der Waals surface area contributed by atoms with Crippen LogP contribution < -0.4 is 5.32 Å². The lowest BCUT2D eigenvalue weighted by Gasteiger charge is -2.28. The van der Waals surface area contributed by atoms with Crippen LogP contribution >= 0.6 is 35.7 Å². The summed E-state index contributed by atoms with van der Waals surface area (Å²) in [7, 11) is 8.30. The van der Waals surface area contributed by atoms with Crippen LogP contribution in [0.4, 0.5) is 0 Å². The molecule has 1 aromatic carbocycles. The quantitative estimate of drug-likeness (QED) is 0.292. The van der Waals surface area contributed by atoms with E-state index in [1.54, 1.807) is 11.8 Å². The lowest BCUT2D eigenvalue weighted by Crippen LogP contribution is -2.46. The van der Waals surface area contributed by atoms with Crippen LogP contribution in [0.5, 0.6) is 0 Å². The van der Waals surface area contributed by atoms with Gasteiger partial charge in [0.1, 0.15) is 0 Å². The van der Waals surface area contributed by atoms with Crippen molar-refractivity contribution in [3.63, 3.8) is 0 Å². The van der Waals surface area contributed by atoms with Gasteiger partial charge in [-0.1, -0.05) is 12.1 Å². The van der Waals surface area contributed by atoms with Crippen molar-refractivity contribution in [3.8, 4) is 0 Å². The molecular weight excluding hydrogens is 431 g/mol. The fourth-order valence-electron chi connectivity index (χ4n) is 2.91. The number of halogens is 1. The second kappa shape index (κ2) is 10.5. The Bertz CT molecular complexity index is 512. The van der Waals surface area contributed by atoms with Crippen LogP contribution in [0.3, 0.4) is 0 Å². The van der Waals surface area contributed by atoms with Gasteiger partial charge in [-0.25, -0.2) is 0 Å². The highest BCUT2D eigenvalue weighted by atomic mass is 127. The smallest absolute Gasteiger partial charge is 0.193 e. The molecule has 0 amide bonds. The zero-order chi connectivity index (χ0) is 16.8. The first kappa shape index (κ1) is 21.6. The van der Waals surface area contributed by atoms with E-state index < -0.39 is 0 Å². The molecule has 1 aliphatic rings. The first-order valence-electron chi connectivity index (χ1n) is 8.26. The second-order valence-electron chi connectivity index (χ2n) is 6.50. The maximum absolute atomic E-state index is 4.44.